The van der Waals surface area contributed by atoms with Gasteiger partial charge in [0.15, 0.2) is 0 Å². The van der Waals surface area contributed by atoms with Crippen LogP contribution < -0.4 is 5.32 Å². The van der Waals surface area contributed by atoms with E-state index < -0.39 is 0 Å². The highest BCUT2D eigenvalue weighted by molar-refractivity contribution is 5.51. The van der Waals surface area contributed by atoms with Gasteiger partial charge in [-0.1, -0.05) is 23.8 Å². The Balaban J connectivity index is 2.61. The maximum atomic E-state index is 10.1. The molecule has 0 atom stereocenters. The van der Waals surface area contributed by atoms with Crippen molar-refractivity contribution in [1.29, 1.82) is 0 Å². The molecule has 0 aliphatic carbocycles. The fraction of sp³-hybridized carbons (Fsp3) is 0.364. The van der Waals surface area contributed by atoms with Gasteiger partial charge in [-0.05, 0) is 25.0 Å². The summed E-state index contributed by atoms with van der Waals surface area (Å²) in [6.45, 7) is 5.36. The van der Waals surface area contributed by atoms with Crippen LogP contribution in [0.3, 0.4) is 0 Å². The molecule has 0 radical (unpaired) electrons. The van der Waals surface area contributed by atoms with Crippen LogP contribution in [0, 0.1) is 13.8 Å². The fourth-order valence-corrected chi connectivity index (χ4v) is 1.31. The largest absolute Gasteiger partial charge is 0.306 e. The Labute approximate surface area is 79.0 Å². The Morgan fingerprint density at radius 1 is 1.38 bits per heavy atom. The van der Waals surface area contributed by atoms with Gasteiger partial charge in [0.05, 0.1) is 6.54 Å². The first-order chi connectivity index (χ1) is 6.24. The van der Waals surface area contributed by atoms with Crippen molar-refractivity contribution in [3.05, 3.63) is 34.9 Å². The molecular weight excluding hydrogens is 162 g/mol. The van der Waals surface area contributed by atoms with E-state index >= 15 is 0 Å². The van der Waals surface area contributed by atoms with Crippen LogP contribution in [0.1, 0.15) is 16.7 Å². The van der Waals surface area contributed by atoms with Gasteiger partial charge >= 0.3 is 0 Å². The van der Waals surface area contributed by atoms with Crippen molar-refractivity contribution >= 4 is 6.29 Å². The van der Waals surface area contributed by atoms with Gasteiger partial charge in [0.25, 0.3) is 0 Å². The lowest BCUT2D eigenvalue weighted by Gasteiger charge is -2.06. The Kier molecular flexibility index (Phi) is 3.65. The van der Waals surface area contributed by atoms with Gasteiger partial charge in [0.1, 0.15) is 6.29 Å². The summed E-state index contributed by atoms with van der Waals surface area (Å²) in [6.07, 6.45) is 0.878. The molecule has 0 unspecified atom stereocenters. The van der Waals surface area contributed by atoms with E-state index in [9.17, 15) is 4.79 Å². The number of nitrogens with one attached hydrogen (secondary N) is 1. The lowest BCUT2D eigenvalue weighted by molar-refractivity contribution is -0.107. The molecule has 13 heavy (non-hydrogen) atoms. The maximum Gasteiger partial charge on any atom is 0.133 e. The minimum absolute atomic E-state index is 0.424. The van der Waals surface area contributed by atoms with Crippen LogP contribution in [0.2, 0.25) is 0 Å². The summed E-state index contributed by atoms with van der Waals surface area (Å²) in [5.74, 6) is 0. The Hall–Kier alpha value is -1.15. The molecule has 1 aromatic carbocycles. The minimum atomic E-state index is 0.424. The lowest BCUT2D eigenvalue weighted by Crippen LogP contribution is -2.16. The van der Waals surface area contributed by atoms with Gasteiger partial charge in [-0.25, -0.2) is 0 Å². The molecule has 1 aromatic rings. The summed E-state index contributed by atoms with van der Waals surface area (Å²) in [6, 6.07) is 6.34. The highest BCUT2D eigenvalue weighted by Gasteiger charge is 1.96. The number of carbonyl (C=O) groups is 1. The van der Waals surface area contributed by atoms with Gasteiger partial charge < -0.3 is 10.1 Å². The second kappa shape index (κ2) is 4.77. The van der Waals surface area contributed by atoms with Crippen LogP contribution in [0.5, 0.6) is 0 Å². The zero-order valence-electron chi connectivity index (χ0n) is 8.13. The van der Waals surface area contributed by atoms with Crippen molar-refractivity contribution in [1.82, 2.24) is 5.32 Å². The molecule has 70 valence electrons. The highest BCUT2D eigenvalue weighted by Crippen LogP contribution is 2.09. The van der Waals surface area contributed by atoms with Crippen LogP contribution >= 0.6 is 0 Å². The van der Waals surface area contributed by atoms with Gasteiger partial charge in [0, 0.05) is 6.54 Å². The molecule has 0 saturated heterocycles. The summed E-state index contributed by atoms with van der Waals surface area (Å²) in [5, 5.41) is 3.04. The van der Waals surface area contributed by atoms with Crippen molar-refractivity contribution in [2.45, 2.75) is 20.4 Å². The number of aldehydes is 1. The second-order valence-electron chi connectivity index (χ2n) is 3.23. The quantitative estimate of drug-likeness (QED) is 0.559. The average molecular weight is 177 g/mol. The lowest BCUT2D eigenvalue weighted by atomic mass is 10.1. The van der Waals surface area contributed by atoms with Crippen molar-refractivity contribution in [3.8, 4) is 0 Å². The van der Waals surface area contributed by atoms with E-state index in [1.807, 2.05) is 0 Å². The highest BCUT2D eigenvalue weighted by atomic mass is 16.1. The normalized spacial score (nSPS) is 10.0. The van der Waals surface area contributed by atoms with E-state index in [0.717, 1.165) is 12.8 Å². The molecule has 0 aromatic heterocycles. The van der Waals surface area contributed by atoms with Crippen LogP contribution in [-0.2, 0) is 11.3 Å². The van der Waals surface area contributed by atoms with Crippen molar-refractivity contribution in [2.75, 3.05) is 6.54 Å². The summed E-state index contributed by atoms with van der Waals surface area (Å²) in [7, 11) is 0. The minimum Gasteiger partial charge on any atom is -0.306 e. The SMILES string of the molecule is Cc1ccc(CNCC=O)c(C)c1. The van der Waals surface area contributed by atoms with E-state index in [1.165, 1.54) is 16.7 Å². The number of carbonyl (C=O) groups excluding carboxylic acids is 1. The first-order valence-corrected chi connectivity index (χ1v) is 4.44. The van der Waals surface area contributed by atoms with Crippen molar-refractivity contribution < 1.29 is 4.79 Å². The van der Waals surface area contributed by atoms with E-state index in [2.05, 4.69) is 37.4 Å². The topological polar surface area (TPSA) is 29.1 Å². The molecule has 0 fully saturated rings. The van der Waals surface area contributed by atoms with Gasteiger partial charge in [-0.15, -0.1) is 0 Å². The molecule has 2 heteroatoms. The second-order valence-corrected chi connectivity index (χ2v) is 3.23. The molecule has 1 N–H and O–H groups in total. The first-order valence-electron chi connectivity index (χ1n) is 4.44. The van der Waals surface area contributed by atoms with Crippen LogP contribution in [0.4, 0.5) is 0 Å². The number of benzene rings is 1. The Morgan fingerprint density at radius 2 is 2.15 bits per heavy atom. The molecule has 0 aliphatic heterocycles. The monoisotopic (exact) mass is 177 g/mol. The van der Waals surface area contributed by atoms with E-state index in [1.54, 1.807) is 0 Å². The number of aryl methyl sites for hydroxylation is 2. The third-order valence-corrected chi connectivity index (χ3v) is 2.04. The van der Waals surface area contributed by atoms with E-state index in [4.69, 9.17) is 0 Å². The summed E-state index contributed by atoms with van der Waals surface area (Å²) in [5.41, 5.74) is 3.81. The zero-order valence-corrected chi connectivity index (χ0v) is 8.13. The fourth-order valence-electron chi connectivity index (χ4n) is 1.31. The standard InChI is InChI=1S/C11H15NO/c1-9-3-4-11(10(2)7-9)8-12-5-6-13/h3-4,6-7,12H,5,8H2,1-2H3. The molecule has 0 amide bonds. The van der Waals surface area contributed by atoms with Gasteiger partial charge in [-0.3, -0.25) is 0 Å². The Morgan fingerprint density at radius 3 is 2.77 bits per heavy atom. The Bertz CT molecular complexity index is 294. The third-order valence-electron chi connectivity index (χ3n) is 2.04. The molecule has 0 bridgehead atoms. The molecule has 2 nitrogen and oxygen atoms in total. The van der Waals surface area contributed by atoms with Crippen LogP contribution in [-0.4, -0.2) is 12.8 Å². The smallest absolute Gasteiger partial charge is 0.133 e. The predicted molar refractivity (Wildman–Crippen MR) is 53.7 cm³/mol. The number of hydrogen-bond acceptors (Lipinski definition) is 2. The van der Waals surface area contributed by atoms with Crippen LogP contribution in [0.25, 0.3) is 0 Å². The van der Waals surface area contributed by atoms with Gasteiger partial charge in [0.2, 0.25) is 0 Å². The maximum absolute atomic E-state index is 10.1. The number of hydrogen-bond donors (Lipinski definition) is 1. The molecule has 0 aliphatic rings. The molecule has 0 heterocycles. The molecule has 0 spiro atoms. The van der Waals surface area contributed by atoms with Gasteiger partial charge in [-0.2, -0.15) is 0 Å². The van der Waals surface area contributed by atoms with E-state index in [-0.39, 0.29) is 0 Å². The van der Waals surface area contributed by atoms with E-state index in [0.29, 0.717) is 6.54 Å². The first kappa shape index (κ1) is 9.93. The molecular formula is C11H15NO. The van der Waals surface area contributed by atoms with Crippen molar-refractivity contribution in [3.63, 3.8) is 0 Å². The summed E-state index contributed by atoms with van der Waals surface area (Å²) >= 11 is 0. The predicted octanol–water partition coefficient (Wildman–Crippen LogP) is 1.59. The summed E-state index contributed by atoms with van der Waals surface area (Å²) in [4.78, 5) is 10.1. The number of rotatable bonds is 4. The zero-order chi connectivity index (χ0) is 9.68. The van der Waals surface area contributed by atoms with Crippen LogP contribution in [0.15, 0.2) is 18.2 Å². The summed E-state index contributed by atoms with van der Waals surface area (Å²) < 4.78 is 0. The third kappa shape index (κ3) is 2.99. The molecule has 1 rings (SSSR count). The van der Waals surface area contributed by atoms with Crippen molar-refractivity contribution in [2.24, 2.45) is 0 Å². The molecule has 0 saturated carbocycles. The average Bonchev–Trinajstić information content (AvgIpc) is 2.09.